The maximum atomic E-state index is 10.7. The summed E-state index contributed by atoms with van der Waals surface area (Å²) in [6.45, 7) is 4.70. The summed E-state index contributed by atoms with van der Waals surface area (Å²) in [6, 6.07) is 4.40. The fourth-order valence-electron chi connectivity index (χ4n) is 2.97. The summed E-state index contributed by atoms with van der Waals surface area (Å²) in [5.74, 6) is -0.756. The number of likely N-dealkylation sites (tertiary alicyclic amines) is 1. The van der Waals surface area contributed by atoms with Crippen molar-refractivity contribution in [3.63, 3.8) is 0 Å². The molecule has 21 heavy (non-hydrogen) atoms. The van der Waals surface area contributed by atoms with Crippen molar-refractivity contribution in [1.29, 1.82) is 0 Å². The molecule has 1 unspecified atom stereocenters. The highest BCUT2D eigenvalue weighted by Gasteiger charge is 2.27. The smallest absolute Gasteiger partial charge is 0.303 e. The molecule has 0 bridgehead atoms. The first kappa shape index (κ1) is 15.9. The fraction of sp³-hybridized carbons (Fsp3) is 0.625. The Morgan fingerprint density at radius 3 is 3.05 bits per heavy atom. The second kappa shape index (κ2) is 7.52. The third kappa shape index (κ3) is 4.51. The predicted molar refractivity (Wildman–Crippen MR) is 80.4 cm³/mol. The summed E-state index contributed by atoms with van der Waals surface area (Å²) in [7, 11) is 1.72. The van der Waals surface area contributed by atoms with Gasteiger partial charge in [-0.1, -0.05) is 0 Å². The number of ether oxygens (including phenoxy) is 1. The summed E-state index contributed by atoms with van der Waals surface area (Å²) in [4.78, 5) is 17.8. The number of hydrogen-bond donors (Lipinski definition) is 1. The van der Waals surface area contributed by atoms with Gasteiger partial charge in [0.1, 0.15) is 0 Å². The number of carboxylic acids is 1. The van der Waals surface area contributed by atoms with E-state index in [2.05, 4.69) is 16.0 Å². The number of aromatic nitrogens is 1. The molecule has 0 amide bonds. The van der Waals surface area contributed by atoms with E-state index in [1.807, 2.05) is 13.0 Å². The third-order valence-electron chi connectivity index (χ3n) is 3.95. The van der Waals surface area contributed by atoms with Crippen LogP contribution in [0.2, 0.25) is 0 Å². The number of rotatable bonds is 7. The molecule has 5 nitrogen and oxygen atoms in total. The molecule has 116 valence electrons. The van der Waals surface area contributed by atoms with E-state index in [1.54, 1.807) is 7.11 Å². The molecule has 2 rings (SSSR count). The van der Waals surface area contributed by atoms with Crippen molar-refractivity contribution in [1.82, 2.24) is 9.88 Å². The van der Waals surface area contributed by atoms with Gasteiger partial charge in [0.25, 0.3) is 0 Å². The summed E-state index contributed by atoms with van der Waals surface area (Å²) < 4.78 is 5.17. The van der Waals surface area contributed by atoms with Gasteiger partial charge >= 0.3 is 5.97 Å². The van der Waals surface area contributed by atoms with Crippen LogP contribution in [0, 0.1) is 6.92 Å². The van der Waals surface area contributed by atoms with Gasteiger partial charge in [-0.05, 0) is 50.4 Å². The SMILES string of the molecule is COCCN1CCCC1c1cc(CCC(=O)O)cc(C)n1. The minimum atomic E-state index is -0.756. The molecule has 5 heteroatoms. The number of aryl methyl sites for hydroxylation is 2. The van der Waals surface area contributed by atoms with Gasteiger partial charge in [0.05, 0.1) is 18.3 Å². The molecule has 0 saturated carbocycles. The highest BCUT2D eigenvalue weighted by atomic mass is 16.5. The van der Waals surface area contributed by atoms with E-state index in [0.29, 0.717) is 12.5 Å². The van der Waals surface area contributed by atoms with Crippen LogP contribution >= 0.6 is 0 Å². The fourth-order valence-corrected chi connectivity index (χ4v) is 2.97. The number of hydrogen-bond acceptors (Lipinski definition) is 4. The van der Waals surface area contributed by atoms with Crippen molar-refractivity contribution in [3.8, 4) is 0 Å². The Kier molecular flexibility index (Phi) is 5.70. The van der Waals surface area contributed by atoms with Crippen LogP contribution in [0.3, 0.4) is 0 Å². The van der Waals surface area contributed by atoms with E-state index >= 15 is 0 Å². The Balaban J connectivity index is 2.12. The molecule has 1 N–H and O–H groups in total. The Hall–Kier alpha value is -1.46. The van der Waals surface area contributed by atoms with Crippen molar-refractivity contribution < 1.29 is 14.6 Å². The van der Waals surface area contributed by atoms with E-state index < -0.39 is 5.97 Å². The van der Waals surface area contributed by atoms with Crippen molar-refractivity contribution in [2.75, 3.05) is 26.8 Å². The van der Waals surface area contributed by atoms with Crippen LogP contribution < -0.4 is 0 Å². The number of carbonyl (C=O) groups is 1. The third-order valence-corrected chi connectivity index (χ3v) is 3.95. The van der Waals surface area contributed by atoms with Crippen molar-refractivity contribution >= 4 is 5.97 Å². The van der Waals surface area contributed by atoms with Crippen LogP contribution in [0.1, 0.15) is 42.3 Å². The van der Waals surface area contributed by atoms with E-state index in [4.69, 9.17) is 9.84 Å². The van der Waals surface area contributed by atoms with Gasteiger partial charge < -0.3 is 9.84 Å². The molecule has 1 aliphatic rings. The first-order valence-corrected chi connectivity index (χ1v) is 7.52. The number of aliphatic carboxylic acids is 1. The topological polar surface area (TPSA) is 62.7 Å². The highest BCUT2D eigenvalue weighted by molar-refractivity contribution is 5.67. The predicted octanol–water partition coefficient (Wildman–Crippen LogP) is 2.19. The lowest BCUT2D eigenvalue weighted by atomic mass is 10.0. The molecule has 2 heterocycles. The van der Waals surface area contributed by atoms with Crippen LogP contribution in [0.4, 0.5) is 0 Å². The van der Waals surface area contributed by atoms with Gasteiger partial charge in [-0.2, -0.15) is 0 Å². The van der Waals surface area contributed by atoms with Crippen LogP contribution in [0.5, 0.6) is 0 Å². The van der Waals surface area contributed by atoms with Crippen LogP contribution in [0.25, 0.3) is 0 Å². The molecule has 1 saturated heterocycles. The van der Waals surface area contributed by atoms with E-state index in [-0.39, 0.29) is 6.42 Å². The molecular formula is C16H24N2O3. The summed E-state index contributed by atoms with van der Waals surface area (Å²) >= 11 is 0. The normalized spacial score (nSPS) is 19.0. The second-order valence-electron chi connectivity index (χ2n) is 5.62. The molecular weight excluding hydrogens is 268 g/mol. The van der Waals surface area contributed by atoms with Gasteiger partial charge in [-0.3, -0.25) is 14.7 Å². The molecule has 0 spiro atoms. The zero-order chi connectivity index (χ0) is 15.2. The van der Waals surface area contributed by atoms with Gasteiger partial charge in [-0.25, -0.2) is 0 Å². The molecule has 0 aromatic carbocycles. The lowest BCUT2D eigenvalue weighted by Crippen LogP contribution is -2.27. The number of carboxylic acid groups (broad SMARTS) is 1. The number of pyridine rings is 1. The zero-order valence-corrected chi connectivity index (χ0v) is 12.8. The summed E-state index contributed by atoms with van der Waals surface area (Å²) in [5.41, 5.74) is 3.11. The maximum absolute atomic E-state index is 10.7. The van der Waals surface area contributed by atoms with Crippen LogP contribution in [-0.4, -0.2) is 47.8 Å². The molecule has 1 aliphatic heterocycles. The molecule has 1 aromatic rings. The van der Waals surface area contributed by atoms with Crippen molar-refractivity contribution in [2.45, 2.75) is 38.6 Å². The van der Waals surface area contributed by atoms with Crippen molar-refractivity contribution in [3.05, 3.63) is 29.1 Å². The standard InChI is InChI=1S/C16H24N2O3/c1-12-10-13(5-6-16(19)20)11-14(17-12)15-4-3-7-18(15)8-9-21-2/h10-11,15H,3-9H2,1-2H3,(H,19,20). The summed E-state index contributed by atoms with van der Waals surface area (Å²) in [6.07, 6.45) is 3.02. The van der Waals surface area contributed by atoms with Crippen LogP contribution in [0.15, 0.2) is 12.1 Å². The van der Waals surface area contributed by atoms with E-state index in [9.17, 15) is 4.79 Å². The Bertz CT molecular complexity index is 490. The quantitative estimate of drug-likeness (QED) is 0.834. The molecule has 1 atom stereocenters. The lowest BCUT2D eigenvalue weighted by Gasteiger charge is -2.24. The minimum absolute atomic E-state index is 0.168. The average molecular weight is 292 g/mol. The second-order valence-corrected chi connectivity index (χ2v) is 5.62. The average Bonchev–Trinajstić information content (AvgIpc) is 2.90. The molecule has 0 radical (unpaired) electrons. The van der Waals surface area contributed by atoms with Gasteiger partial charge in [0.15, 0.2) is 0 Å². The van der Waals surface area contributed by atoms with Gasteiger partial charge in [0.2, 0.25) is 0 Å². The summed E-state index contributed by atoms with van der Waals surface area (Å²) in [5, 5.41) is 8.83. The highest BCUT2D eigenvalue weighted by Crippen LogP contribution is 2.31. The molecule has 1 fully saturated rings. The zero-order valence-electron chi connectivity index (χ0n) is 12.8. The largest absolute Gasteiger partial charge is 0.481 e. The number of nitrogens with zero attached hydrogens (tertiary/aromatic N) is 2. The molecule has 1 aromatic heterocycles. The Morgan fingerprint density at radius 1 is 1.52 bits per heavy atom. The van der Waals surface area contributed by atoms with E-state index in [0.717, 1.165) is 43.1 Å². The minimum Gasteiger partial charge on any atom is -0.481 e. The van der Waals surface area contributed by atoms with Gasteiger partial charge in [0, 0.05) is 25.8 Å². The lowest BCUT2D eigenvalue weighted by molar-refractivity contribution is -0.136. The first-order chi connectivity index (χ1) is 10.1. The van der Waals surface area contributed by atoms with Crippen molar-refractivity contribution in [2.24, 2.45) is 0 Å². The maximum Gasteiger partial charge on any atom is 0.303 e. The van der Waals surface area contributed by atoms with Crippen LogP contribution in [-0.2, 0) is 16.0 Å². The molecule has 0 aliphatic carbocycles. The Morgan fingerprint density at radius 2 is 2.33 bits per heavy atom. The van der Waals surface area contributed by atoms with Gasteiger partial charge in [-0.15, -0.1) is 0 Å². The van der Waals surface area contributed by atoms with E-state index in [1.165, 1.54) is 6.42 Å². The first-order valence-electron chi connectivity index (χ1n) is 7.52. The monoisotopic (exact) mass is 292 g/mol. The number of methoxy groups -OCH3 is 1. The Labute approximate surface area is 125 Å².